The van der Waals surface area contributed by atoms with Crippen molar-refractivity contribution >= 4 is 20.5 Å². The Labute approximate surface area is 179 Å². The van der Waals surface area contributed by atoms with E-state index in [-0.39, 0.29) is 6.61 Å². The first kappa shape index (κ1) is 21.2. The normalized spacial score (nSPS) is 10.2. The minimum atomic E-state index is -0.730. The van der Waals surface area contributed by atoms with Crippen molar-refractivity contribution in [3.05, 3.63) is 95.1 Å². The molecule has 151 valence electrons. The van der Waals surface area contributed by atoms with E-state index >= 15 is 0 Å². The molecule has 0 amide bonds. The van der Waals surface area contributed by atoms with E-state index in [0.29, 0.717) is 29.2 Å². The molecule has 0 aromatic heterocycles. The predicted molar refractivity (Wildman–Crippen MR) is 122 cm³/mol. The van der Waals surface area contributed by atoms with Crippen molar-refractivity contribution in [3.8, 4) is 17.2 Å². The molecule has 3 aromatic rings. The highest BCUT2D eigenvalue weighted by Gasteiger charge is 2.17. The van der Waals surface area contributed by atoms with E-state index in [2.05, 4.69) is 24.6 Å². The summed E-state index contributed by atoms with van der Waals surface area (Å²) in [6.45, 7) is 4.72. The first-order valence-electron chi connectivity index (χ1n) is 9.66. The van der Waals surface area contributed by atoms with Crippen LogP contribution in [-0.4, -0.2) is 14.8 Å². The van der Waals surface area contributed by atoms with E-state index in [1.165, 1.54) is 0 Å². The molecule has 0 unspecified atom stereocenters. The Morgan fingerprint density at radius 3 is 2.13 bits per heavy atom. The highest BCUT2D eigenvalue weighted by molar-refractivity contribution is 6.64. The molecule has 1 radical (unpaired) electrons. The number of carbonyl (C=O) groups excluding carboxylic acids is 1. The molecule has 0 aliphatic heterocycles. The lowest BCUT2D eigenvalue weighted by atomic mass is 10.1. The Bertz CT molecular complexity index is 1050. The number of ether oxygens (including phenoxy) is 2. The molecular formula is C25H24NO3Si. The van der Waals surface area contributed by atoms with Gasteiger partial charge in [0.15, 0.2) is 0 Å². The number of esters is 1. The molecule has 0 aliphatic rings. The monoisotopic (exact) mass is 414 g/mol. The molecule has 0 atom stereocenters. The van der Waals surface area contributed by atoms with Crippen LogP contribution in [0.1, 0.15) is 27.0 Å². The van der Waals surface area contributed by atoms with Gasteiger partial charge in [-0.25, -0.2) is 4.79 Å². The zero-order valence-corrected chi connectivity index (χ0v) is 18.1. The van der Waals surface area contributed by atoms with Gasteiger partial charge < -0.3 is 15.2 Å². The van der Waals surface area contributed by atoms with Gasteiger partial charge in [-0.3, -0.25) is 0 Å². The molecular weight excluding hydrogens is 390 g/mol. The summed E-state index contributed by atoms with van der Waals surface area (Å²) in [5.74, 6) is 3.04. The standard InChI is InChI=1S/C25H24NO3Si/c1-30(2)14-13-21-15-24(28-17-19-9-5-3-6-10-19)22(16-23(21)26)25(27)29-18-20-11-7-4-8-12-20/h3-12,15-16H,17-18,26H2,1-2H3. The molecule has 0 saturated heterocycles. The smallest absolute Gasteiger partial charge is 0.342 e. The maximum absolute atomic E-state index is 12.8. The molecule has 0 spiro atoms. The molecule has 4 nitrogen and oxygen atoms in total. The summed E-state index contributed by atoms with van der Waals surface area (Å²) in [5.41, 5.74) is 12.7. The second-order valence-corrected chi connectivity index (χ2v) is 9.27. The fourth-order valence-corrected chi connectivity index (χ4v) is 3.10. The van der Waals surface area contributed by atoms with Crippen molar-refractivity contribution in [3.63, 3.8) is 0 Å². The molecule has 30 heavy (non-hydrogen) atoms. The summed E-state index contributed by atoms with van der Waals surface area (Å²) in [7, 11) is -0.730. The molecule has 0 bridgehead atoms. The van der Waals surface area contributed by atoms with Crippen molar-refractivity contribution in [1.82, 2.24) is 0 Å². The van der Waals surface area contributed by atoms with Gasteiger partial charge >= 0.3 is 5.97 Å². The molecule has 0 aliphatic carbocycles. The van der Waals surface area contributed by atoms with Crippen LogP contribution in [-0.2, 0) is 18.0 Å². The number of nitrogen functional groups attached to an aromatic ring is 1. The van der Waals surface area contributed by atoms with Crippen molar-refractivity contribution in [2.24, 2.45) is 0 Å². The van der Waals surface area contributed by atoms with E-state index < -0.39 is 14.8 Å². The largest absolute Gasteiger partial charge is 0.488 e. The zero-order valence-electron chi connectivity index (χ0n) is 17.1. The third-order valence-corrected chi connectivity index (χ3v) is 4.89. The molecule has 2 N–H and O–H groups in total. The first-order chi connectivity index (χ1) is 14.5. The van der Waals surface area contributed by atoms with Gasteiger partial charge in [-0.1, -0.05) is 79.7 Å². The molecule has 3 rings (SSSR count). The van der Waals surface area contributed by atoms with Crippen LogP contribution in [0.25, 0.3) is 0 Å². The maximum atomic E-state index is 12.8. The molecule has 0 fully saturated rings. The summed E-state index contributed by atoms with van der Waals surface area (Å²) in [6.07, 6.45) is 0. The maximum Gasteiger partial charge on any atom is 0.342 e. The number of anilines is 1. The van der Waals surface area contributed by atoms with Gasteiger partial charge in [-0.15, -0.1) is 5.54 Å². The van der Waals surface area contributed by atoms with E-state index in [9.17, 15) is 4.79 Å². The second kappa shape index (κ2) is 10.3. The fourth-order valence-electron chi connectivity index (χ4n) is 2.71. The summed E-state index contributed by atoms with van der Waals surface area (Å²) in [4.78, 5) is 12.8. The second-order valence-electron chi connectivity index (χ2n) is 7.02. The number of hydrogen-bond acceptors (Lipinski definition) is 4. The Morgan fingerprint density at radius 2 is 1.53 bits per heavy atom. The Kier molecular flexibility index (Phi) is 7.31. The number of benzene rings is 3. The van der Waals surface area contributed by atoms with Crippen LogP contribution in [0.4, 0.5) is 5.69 Å². The highest BCUT2D eigenvalue weighted by Crippen LogP contribution is 2.27. The van der Waals surface area contributed by atoms with Crippen LogP contribution in [0.3, 0.4) is 0 Å². The predicted octanol–water partition coefficient (Wildman–Crippen LogP) is 4.85. The van der Waals surface area contributed by atoms with Crippen LogP contribution in [0, 0.1) is 11.5 Å². The Hall–Kier alpha value is -3.49. The van der Waals surface area contributed by atoms with Crippen molar-refractivity contribution in [2.75, 3.05) is 5.73 Å². The third kappa shape index (κ3) is 6.00. The first-order valence-corrected chi connectivity index (χ1v) is 12.2. The highest BCUT2D eigenvalue weighted by atomic mass is 28.3. The molecule has 3 aromatic carbocycles. The number of nitrogens with two attached hydrogens (primary N) is 1. The molecule has 0 saturated carbocycles. The molecule has 0 heterocycles. The van der Waals surface area contributed by atoms with Gasteiger partial charge in [0.25, 0.3) is 0 Å². The summed E-state index contributed by atoms with van der Waals surface area (Å²) in [6, 6.07) is 22.6. The number of carbonyl (C=O) groups is 1. The summed E-state index contributed by atoms with van der Waals surface area (Å²) < 4.78 is 11.5. The van der Waals surface area contributed by atoms with Crippen LogP contribution >= 0.6 is 0 Å². The summed E-state index contributed by atoms with van der Waals surface area (Å²) in [5, 5.41) is 0. The van der Waals surface area contributed by atoms with Gasteiger partial charge in [0.2, 0.25) is 0 Å². The number of rotatable bonds is 6. The summed E-state index contributed by atoms with van der Waals surface area (Å²) >= 11 is 0. The van der Waals surface area contributed by atoms with Crippen molar-refractivity contribution in [1.29, 1.82) is 0 Å². The van der Waals surface area contributed by atoms with Crippen LogP contribution in [0.5, 0.6) is 5.75 Å². The van der Waals surface area contributed by atoms with Gasteiger partial charge in [0.05, 0.1) is 5.56 Å². The van der Waals surface area contributed by atoms with Gasteiger partial charge in [0.1, 0.15) is 33.3 Å². The lowest BCUT2D eigenvalue weighted by molar-refractivity contribution is 0.0467. The van der Waals surface area contributed by atoms with Gasteiger partial charge in [-0.2, -0.15) is 0 Å². The minimum Gasteiger partial charge on any atom is -0.488 e. The Balaban J connectivity index is 1.86. The van der Waals surface area contributed by atoms with Crippen LogP contribution in [0.15, 0.2) is 72.8 Å². The Morgan fingerprint density at radius 1 is 0.933 bits per heavy atom. The van der Waals surface area contributed by atoms with Crippen LogP contribution < -0.4 is 10.5 Å². The zero-order chi connectivity index (χ0) is 21.3. The van der Waals surface area contributed by atoms with E-state index in [0.717, 1.165) is 11.1 Å². The SMILES string of the molecule is C[Si](C)C#Cc1cc(OCc2ccccc2)c(C(=O)OCc2ccccc2)cc1N. The van der Waals surface area contributed by atoms with E-state index in [4.69, 9.17) is 15.2 Å². The van der Waals surface area contributed by atoms with Crippen LogP contribution in [0.2, 0.25) is 13.1 Å². The van der Waals surface area contributed by atoms with Gasteiger partial charge in [0, 0.05) is 5.69 Å². The lowest BCUT2D eigenvalue weighted by Gasteiger charge is -2.14. The lowest BCUT2D eigenvalue weighted by Crippen LogP contribution is -2.10. The van der Waals surface area contributed by atoms with E-state index in [1.807, 2.05) is 60.7 Å². The topological polar surface area (TPSA) is 61.5 Å². The van der Waals surface area contributed by atoms with Crippen molar-refractivity contribution in [2.45, 2.75) is 26.3 Å². The fraction of sp³-hybridized carbons (Fsp3) is 0.160. The molecule has 5 heteroatoms. The third-order valence-electron chi connectivity index (χ3n) is 4.27. The quantitative estimate of drug-likeness (QED) is 0.271. The average molecular weight is 415 g/mol. The minimum absolute atomic E-state index is 0.177. The number of hydrogen-bond donors (Lipinski definition) is 1. The van der Waals surface area contributed by atoms with Gasteiger partial charge in [-0.05, 0) is 23.3 Å². The van der Waals surface area contributed by atoms with Crippen molar-refractivity contribution < 1.29 is 14.3 Å². The average Bonchev–Trinajstić information content (AvgIpc) is 2.76. The van der Waals surface area contributed by atoms with E-state index in [1.54, 1.807) is 12.1 Å².